The number of piperidine rings is 1. The number of hydrogen-bond acceptors (Lipinski definition) is 4. The number of likely N-dealkylation sites (tertiary alicyclic amines) is 1. The highest BCUT2D eigenvalue weighted by molar-refractivity contribution is 7.12. The lowest BCUT2D eigenvalue weighted by atomic mass is 10.00. The van der Waals surface area contributed by atoms with Gasteiger partial charge in [-0.3, -0.25) is 9.59 Å². The third kappa shape index (κ3) is 3.92. The fraction of sp³-hybridized carbons (Fsp3) is 0.455. The number of anilines is 1. The van der Waals surface area contributed by atoms with Crippen LogP contribution in [0.1, 0.15) is 34.5 Å². The fourth-order valence-electron chi connectivity index (χ4n) is 4.19. The number of hydrogen-bond donors (Lipinski definition) is 0. The van der Waals surface area contributed by atoms with Crippen LogP contribution in [0.4, 0.5) is 5.69 Å². The molecule has 1 aromatic carbocycles. The summed E-state index contributed by atoms with van der Waals surface area (Å²) in [6.07, 6.45) is 2.75. The lowest BCUT2D eigenvalue weighted by molar-refractivity contribution is -0.137. The van der Waals surface area contributed by atoms with Gasteiger partial charge in [-0.25, -0.2) is 0 Å². The smallest absolute Gasteiger partial charge is 0.264 e. The number of thiophene rings is 1. The Morgan fingerprint density at radius 2 is 1.82 bits per heavy atom. The molecule has 2 aliphatic heterocycles. The molecule has 0 radical (unpaired) electrons. The van der Waals surface area contributed by atoms with E-state index in [1.165, 1.54) is 22.6 Å². The molecule has 2 amide bonds. The topological polar surface area (TPSA) is 43.9 Å². The van der Waals surface area contributed by atoms with Gasteiger partial charge < -0.3 is 14.7 Å². The summed E-state index contributed by atoms with van der Waals surface area (Å²) in [6, 6.07) is 11.9. The summed E-state index contributed by atoms with van der Waals surface area (Å²) in [5, 5.41) is 1.92. The molecule has 2 fully saturated rings. The first-order valence-electron chi connectivity index (χ1n) is 10.1. The lowest BCUT2D eigenvalue weighted by Crippen LogP contribution is -2.57. The predicted octanol–water partition coefficient (Wildman–Crippen LogP) is 3.40. The molecular formula is C22H27N3O2S. The summed E-state index contributed by atoms with van der Waals surface area (Å²) < 4.78 is 0. The van der Waals surface area contributed by atoms with Crippen LogP contribution < -0.4 is 4.90 Å². The second-order valence-electron chi connectivity index (χ2n) is 7.64. The van der Waals surface area contributed by atoms with Crippen LogP contribution in [0.25, 0.3) is 0 Å². The van der Waals surface area contributed by atoms with Gasteiger partial charge in [0.1, 0.15) is 6.04 Å². The molecule has 1 aromatic heterocycles. The molecule has 0 spiro atoms. The lowest BCUT2D eigenvalue weighted by Gasteiger charge is -2.41. The first-order valence-corrected chi connectivity index (χ1v) is 11.0. The van der Waals surface area contributed by atoms with Crippen molar-refractivity contribution in [3.8, 4) is 0 Å². The van der Waals surface area contributed by atoms with Gasteiger partial charge in [-0.05, 0) is 55.3 Å². The maximum Gasteiger partial charge on any atom is 0.264 e. The normalized spacial score (nSPS) is 20.3. The molecule has 0 N–H and O–H groups in total. The molecule has 3 heterocycles. The molecule has 2 saturated heterocycles. The van der Waals surface area contributed by atoms with Crippen molar-refractivity contribution in [2.75, 3.05) is 37.6 Å². The average Bonchev–Trinajstić information content (AvgIpc) is 3.28. The molecule has 6 heteroatoms. The molecule has 28 heavy (non-hydrogen) atoms. The van der Waals surface area contributed by atoms with Crippen LogP contribution >= 0.6 is 11.3 Å². The van der Waals surface area contributed by atoms with E-state index in [1.807, 2.05) is 27.3 Å². The molecule has 0 bridgehead atoms. The third-order valence-electron chi connectivity index (χ3n) is 5.74. The van der Waals surface area contributed by atoms with E-state index in [0.29, 0.717) is 19.6 Å². The Hall–Kier alpha value is -2.34. The predicted molar refractivity (Wildman–Crippen MR) is 113 cm³/mol. The van der Waals surface area contributed by atoms with Gasteiger partial charge in [-0.1, -0.05) is 18.2 Å². The van der Waals surface area contributed by atoms with Gasteiger partial charge in [0.2, 0.25) is 5.91 Å². The molecule has 148 valence electrons. The minimum Gasteiger partial charge on any atom is -0.368 e. The number of amides is 2. The van der Waals surface area contributed by atoms with Crippen molar-refractivity contribution in [1.82, 2.24) is 9.80 Å². The van der Waals surface area contributed by atoms with E-state index >= 15 is 0 Å². The number of piperazine rings is 1. The number of nitrogens with zero attached hydrogens (tertiary/aromatic N) is 3. The van der Waals surface area contributed by atoms with Crippen LogP contribution in [-0.2, 0) is 4.79 Å². The molecule has 0 unspecified atom stereocenters. The Labute approximate surface area is 170 Å². The number of carbonyl (C=O) groups is 2. The van der Waals surface area contributed by atoms with E-state index in [1.54, 1.807) is 0 Å². The Balaban J connectivity index is 1.41. The summed E-state index contributed by atoms with van der Waals surface area (Å²) in [4.78, 5) is 33.0. The summed E-state index contributed by atoms with van der Waals surface area (Å²) in [7, 11) is 0. The molecule has 2 aromatic rings. The number of benzene rings is 1. The summed E-state index contributed by atoms with van der Waals surface area (Å²) in [5.41, 5.74) is 2.47. The standard InChI is InChI=1S/C22H27N3O2S/c1-17-6-4-7-18(16-17)23-11-13-24(14-12-23)21(26)19-8-2-3-10-25(19)22(27)20-9-5-15-28-20/h4-7,9,15-16,19H,2-3,8,10-14H2,1H3/t19-/m1/s1. The van der Waals surface area contributed by atoms with Crippen LogP contribution in [0, 0.1) is 6.92 Å². The van der Waals surface area contributed by atoms with Crippen molar-refractivity contribution >= 4 is 28.8 Å². The largest absolute Gasteiger partial charge is 0.368 e. The van der Waals surface area contributed by atoms with Gasteiger partial charge in [0.05, 0.1) is 4.88 Å². The monoisotopic (exact) mass is 397 g/mol. The average molecular weight is 398 g/mol. The summed E-state index contributed by atoms with van der Waals surface area (Å²) in [5.74, 6) is 0.125. The Morgan fingerprint density at radius 3 is 2.54 bits per heavy atom. The van der Waals surface area contributed by atoms with Gasteiger partial charge >= 0.3 is 0 Å². The maximum atomic E-state index is 13.3. The molecule has 5 nitrogen and oxygen atoms in total. The van der Waals surface area contributed by atoms with Crippen molar-refractivity contribution < 1.29 is 9.59 Å². The van der Waals surface area contributed by atoms with Crippen molar-refractivity contribution in [2.45, 2.75) is 32.2 Å². The zero-order valence-corrected chi connectivity index (χ0v) is 17.2. The highest BCUT2D eigenvalue weighted by Gasteiger charge is 2.36. The molecule has 1 atom stereocenters. The fourth-order valence-corrected chi connectivity index (χ4v) is 4.87. The van der Waals surface area contributed by atoms with Crippen LogP contribution in [0.5, 0.6) is 0 Å². The quantitative estimate of drug-likeness (QED) is 0.797. The van der Waals surface area contributed by atoms with Gasteiger partial charge in [-0.15, -0.1) is 11.3 Å². The van der Waals surface area contributed by atoms with Crippen LogP contribution in [0.3, 0.4) is 0 Å². The van der Waals surface area contributed by atoms with Gasteiger partial charge in [0.25, 0.3) is 5.91 Å². The minimum absolute atomic E-state index is 0.00597. The van der Waals surface area contributed by atoms with Gasteiger partial charge in [0, 0.05) is 38.4 Å². The van der Waals surface area contributed by atoms with Crippen LogP contribution in [-0.4, -0.2) is 60.4 Å². The summed E-state index contributed by atoms with van der Waals surface area (Å²) >= 11 is 1.45. The van der Waals surface area contributed by atoms with Crippen molar-refractivity contribution in [3.05, 3.63) is 52.2 Å². The Morgan fingerprint density at radius 1 is 1.00 bits per heavy atom. The minimum atomic E-state index is -0.311. The number of rotatable bonds is 3. The second-order valence-corrected chi connectivity index (χ2v) is 8.59. The van der Waals surface area contributed by atoms with E-state index in [-0.39, 0.29) is 17.9 Å². The highest BCUT2D eigenvalue weighted by Crippen LogP contribution is 2.24. The molecule has 0 saturated carbocycles. The zero-order chi connectivity index (χ0) is 19.5. The highest BCUT2D eigenvalue weighted by atomic mass is 32.1. The Kier molecular flexibility index (Phi) is 5.67. The van der Waals surface area contributed by atoms with E-state index in [4.69, 9.17) is 0 Å². The zero-order valence-electron chi connectivity index (χ0n) is 16.3. The van der Waals surface area contributed by atoms with Gasteiger partial charge in [-0.2, -0.15) is 0 Å². The molecular weight excluding hydrogens is 370 g/mol. The van der Waals surface area contributed by atoms with Crippen LogP contribution in [0.15, 0.2) is 41.8 Å². The van der Waals surface area contributed by atoms with Crippen molar-refractivity contribution in [1.29, 1.82) is 0 Å². The molecule has 4 rings (SSSR count). The van der Waals surface area contributed by atoms with E-state index in [9.17, 15) is 9.59 Å². The van der Waals surface area contributed by atoms with Crippen molar-refractivity contribution in [2.24, 2.45) is 0 Å². The number of carbonyl (C=O) groups excluding carboxylic acids is 2. The van der Waals surface area contributed by atoms with Crippen LogP contribution in [0.2, 0.25) is 0 Å². The number of aryl methyl sites for hydroxylation is 1. The molecule has 2 aliphatic rings. The van der Waals surface area contributed by atoms with Crippen molar-refractivity contribution in [3.63, 3.8) is 0 Å². The SMILES string of the molecule is Cc1cccc(N2CCN(C(=O)[C@H]3CCCCN3C(=O)c3cccs3)CC2)c1. The van der Waals surface area contributed by atoms with E-state index in [0.717, 1.165) is 37.2 Å². The van der Waals surface area contributed by atoms with Gasteiger partial charge in [0.15, 0.2) is 0 Å². The summed E-state index contributed by atoms with van der Waals surface area (Å²) in [6.45, 7) is 5.87. The Bertz CT molecular complexity index is 828. The van der Waals surface area contributed by atoms with E-state index in [2.05, 4.69) is 36.1 Å². The third-order valence-corrected chi connectivity index (χ3v) is 6.60. The maximum absolute atomic E-state index is 13.3. The second kappa shape index (κ2) is 8.35. The molecule has 0 aliphatic carbocycles. The van der Waals surface area contributed by atoms with E-state index < -0.39 is 0 Å². The first-order chi connectivity index (χ1) is 13.6. The first kappa shape index (κ1) is 19.0.